The summed E-state index contributed by atoms with van der Waals surface area (Å²) in [6.07, 6.45) is -0.619. The van der Waals surface area contributed by atoms with Gasteiger partial charge in [0.1, 0.15) is 11.6 Å². The summed E-state index contributed by atoms with van der Waals surface area (Å²) < 4.78 is 10.0. The van der Waals surface area contributed by atoms with Gasteiger partial charge in [0.2, 0.25) is 0 Å². The molecule has 5 nitrogen and oxygen atoms in total. The molecule has 1 atom stereocenters. The molecule has 0 aromatic heterocycles. The molecule has 0 fully saturated rings. The number of amides is 1. The lowest BCUT2D eigenvalue weighted by molar-refractivity contribution is -0.146. The highest BCUT2D eigenvalue weighted by atomic mass is 16.6. The molecule has 0 heterocycles. The third-order valence-corrected chi connectivity index (χ3v) is 1.65. The molecule has 5 heteroatoms. The predicted molar refractivity (Wildman–Crippen MR) is 64.6 cm³/mol. The summed E-state index contributed by atoms with van der Waals surface area (Å²) in [6, 6.07) is -0.705. The van der Waals surface area contributed by atoms with E-state index in [9.17, 15) is 9.59 Å². The first kappa shape index (κ1) is 15.7. The van der Waals surface area contributed by atoms with E-state index >= 15 is 0 Å². The molecule has 0 aliphatic carbocycles. The number of carbonyl (C=O) groups excluding carboxylic acids is 2. The van der Waals surface area contributed by atoms with E-state index in [4.69, 9.17) is 9.47 Å². The number of alkyl carbamates (subject to hydrolysis) is 1. The van der Waals surface area contributed by atoms with Crippen molar-refractivity contribution in [1.29, 1.82) is 0 Å². The minimum Gasteiger partial charge on any atom is -0.464 e. The maximum atomic E-state index is 11.5. The number of nitrogens with one attached hydrogen (secondary N) is 1. The summed E-state index contributed by atoms with van der Waals surface area (Å²) in [7, 11) is 0. The quantitative estimate of drug-likeness (QED) is 0.770. The number of esters is 1. The third kappa shape index (κ3) is 8.54. The molecule has 0 rings (SSSR count). The summed E-state index contributed by atoms with van der Waals surface area (Å²) >= 11 is 0. The summed E-state index contributed by atoms with van der Waals surface area (Å²) in [5.41, 5.74) is -0.578. The van der Waals surface area contributed by atoms with E-state index in [2.05, 4.69) is 5.32 Å². The van der Waals surface area contributed by atoms with Crippen LogP contribution in [0.25, 0.3) is 0 Å². The van der Waals surface area contributed by atoms with Crippen molar-refractivity contribution in [2.45, 2.75) is 53.2 Å². The molecular weight excluding hydrogens is 222 g/mol. The number of ether oxygens (including phenoxy) is 2. The van der Waals surface area contributed by atoms with E-state index in [-0.39, 0.29) is 5.92 Å². The Labute approximate surface area is 103 Å². The highest BCUT2D eigenvalue weighted by Crippen LogP contribution is 2.07. The Morgan fingerprint density at radius 2 is 1.71 bits per heavy atom. The first-order chi connectivity index (χ1) is 7.61. The maximum absolute atomic E-state index is 11.5. The van der Waals surface area contributed by atoms with Gasteiger partial charge < -0.3 is 14.8 Å². The van der Waals surface area contributed by atoms with Crippen LogP contribution < -0.4 is 5.32 Å². The third-order valence-electron chi connectivity index (χ3n) is 1.65. The molecule has 0 unspecified atom stereocenters. The zero-order valence-electron chi connectivity index (χ0n) is 11.5. The molecule has 0 bridgehead atoms. The second-order valence-corrected chi connectivity index (χ2v) is 5.39. The molecule has 0 spiro atoms. The Morgan fingerprint density at radius 3 is 2.12 bits per heavy atom. The summed E-state index contributed by atoms with van der Waals surface area (Å²) in [4.78, 5) is 22.8. The second kappa shape index (κ2) is 6.47. The zero-order valence-corrected chi connectivity index (χ0v) is 11.5. The normalized spacial score (nSPS) is 13.1. The van der Waals surface area contributed by atoms with Gasteiger partial charge in [-0.3, -0.25) is 0 Å². The van der Waals surface area contributed by atoms with Crippen LogP contribution in [0.3, 0.4) is 0 Å². The Morgan fingerprint density at radius 1 is 1.18 bits per heavy atom. The number of hydrogen-bond donors (Lipinski definition) is 1. The number of rotatable bonds is 4. The van der Waals surface area contributed by atoms with Crippen LogP contribution in [-0.2, 0) is 14.3 Å². The standard InChI is InChI=1S/C12H23NO4/c1-8(2)7-16-10(14)9(3)13-11(15)17-12(4,5)6/h8-9H,7H2,1-6H3,(H,13,15)/t9-/m0/s1. The van der Waals surface area contributed by atoms with E-state index in [0.29, 0.717) is 6.61 Å². The van der Waals surface area contributed by atoms with Crippen LogP contribution in [0.15, 0.2) is 0 Å². The van der Waals surface area contributed by atoms with Gasteiger partial charge in [0.05, 0.1) is 6.61 Å². The van der Waals surface area contributed by atoms with Gasteiger partial charge in [-0.05, 0) is 33.6 Å². The van der Waals surface area contributed by atoms with Crippen LogP contribution in [0.1, 0.15) is 41.5 Å². The molecule has 0 radical (unpaired) electrons. The Hall–Kier alpha value is -1.26. The van der Waals surface area contributed by atoms with Crippen LogP contribution in [0.5, 0.6) is 0 Å². The largest absolute Gasteiger partial charge is 0.464 e. The average Bonchev–Trinajstić information content (AvgIpc) is 2.10. The summed E-state index contributed by atoms with van der Waals surface area (Å²) in [5, 5.41) is 2.42. The van der Waals surface area contributed by atoms with Gasteiger partial charge in [-0.2, -0.15) is 0 Å². The van der Waals surface area contributed by atoms with E-state index < -0.39 is 23.7 Å². The maximum Gasteiger partial charge on any atom is 0.408 e. The topological polar surface area (TPSA) is 64.6 Å². The molecular formula is C12H23NO4. The predicted octanol–water partition coefficient (Wildman–Crippen LogP) is 2.10. The molecule has 0 saturated carbocycles. The fraction of sp³-hybridized carbons (Fsp3) is 0.833. The van der Waals surface area contributed by atoms with Crippen molar-refractivity contribution in [1.82, 2.24) is 5.32 Å². The highest BCUT2D eigenvalue weighted by Gasteiger charge is 2.21. The van der Waals surface area contributed by atoms with Gasteiger partial charge in [-0.25, -0.2) is 9.59 Å². The van der Waals surface area contributed by atoms with Crippen molar-refractivity contribution in [3.63, 3.8) is 0 Å². The van der Waals surface area contributed by atoms with Gasteiger partial charge in [-0.15, -0.1) is 0 Å². The van der Waals surface area contributed by atoms with Gasteiger partial charge in [0.25, 0.3) is 0 Å². The van der Waals surface area contributed by atoms with Crippen LogP contribution >= 0.6 is 0 Å². The van der Waals surface area contributed by atoms with Crippen molar-refractivity contribution in [2.24, 2.45) is 5.92 Å². The summed E-state index contributed by atoms with van der Waals surface area (Å²) in [6.45, 7) is 11.1. The lowest BCUT2D eigenvalue weighted by atomic mass is 10.2. The van der Waals surface area contributed by atoms with E-state index in [1.165, 1.54) is 0 Å². The first-order valence-electron chi connectivity index (χ1n) is 5.78. The van der Waals surface area contributed by atoms with Crippen molar-refractivity contribution < 1.29 is 19.1 Å². The average molecular weight is 245 g/mol. The molecule has 0 saturated heterocycles. The molecule has 0 aromatic carbocycles. The molecule has 1 amide bonds. The lowest BCUT2D eigenvalue weighted by Crippen LogP contribution is -2.42. The van der Waals surface area contributed by atoms with Crippen molar-refractivity contribution in [3.8, 4) is 0 Å². The molecule has 100 valence electrons. The molecule has 0 aliphatic rings. The SMILES string of the molecule is CC(C)COC(=O)[C@H](C)NC(=O)OC(C)(C)C. The minimum absolute atomic E-state index is 0.271. The van der Waals surface area contributed by atoms with E-state index in [1.807, 2.05) is 13.8 Å². The van der Waals surface area contributed by atoms with Gasteiger partial charge in [0.15, 0.2) is 0 Å². The van der Waals surface area contributed by atoms with E-state index in [0.717, 1.165) is 0 Å². The van der Waals surface area contributed by atoms with Crippen LogP contribution in [-0.4, -0.2) is 30.3 Å². The van der Waals surface area contributed by atoms with Gasteiger partial charge in [0, 0.05) is 0 Å². The molecule has 0 aliphatic heterocycles. The summed E-state index contributed by atoms with van der Waals surface area (Å²) in [5.74, 6) is -0.183. The fourth-order valence-electron chi connectivity index (χ4n) is 0.917. The fourth-order valence-corrected chi connectivity index (χ4v) is 0.917. The van der Waals surface area contributed by atoms with Gasteiger partial charge >= 0.3 is 12.1 Å². The van der Waals surface area contributed by atoms with Crippen LogP contribution in [0.4, 0.5) is 4.79 Å². The molecule has 17 heavy (non-hydrogen) atoms. The monoisotopic (exact) mass is 245 g/mol. The number of hydrogen-bond acceptors (Lipinski definition) is 4. The Balaban J connectivity index is 4.03. The number of carbonyl (C=O) groups is 2. The van der Waals surface area contributed by atoms with Crippen molar-refractivity contribution >= 4 is 12.1 Å². The highest BCUT2D eigenvalue weighted by molar-refractivity contribution is 5.80. The Kier molecular flexibility index (Phi) is 5.99. The van der Waals surface area contributed by atoms with Crippen LogP contribution in [0.2, 0.25) is 0 Å². The smallest absolute Gasteiger partial charge is 0.408 e. The molecule has 1 N–H and O–H groups in total. The van der Waals surface area contributed by atoms with Gasteiger partial charge in [-0.1, -0.05) is 13.8 Å². The zero-order chi connectivity index (χ0) is 13.6. The minimum atomic E-state index is -0.705. The van der Waals surface area contributed by atoms with Crippen LogP contribution in [0, 0.1) is 5.92 Å². The second-order valence-electron chi connectivity index (χ2n) is 5.39. The first-order valence-corrected chi connectivity index (χ1v) is 5.78. The molecule has 0 aromatic rings. The van der Waals surface area contributed by atoms with Crippen molar-refractivity contribution in [2.75, 3.05) is 6.61 Å². The van der Waals surface area contributed by atoms with Crippen molar-refractivity contribution in [3.05, 3.63) is 0 Å². The Bertz CT molecular complexity index is 268. The lowest BCUT2D eigenvalue weighted by Gasteiger charge is -2.21. The van der Waals surface area contributed by atoms with E-state index in [1.54, 1.807) is 27.7 Å².